The van der Waals surface area contributed by atoms with Crippen LogP contribution in [0.1, 0.15) is 10.5 Å². The van der Waals surface area contributed by atoms with E-state index in [1.165, 1.54) is 24.3 Å². The van der Waals surface area contributed by atoms with Gasteiger partial charge in [0.25, 0.3) is 17.2 Å². The highest BCUT2D eigenvalue weighted by molar-refractivity contribution is 6.03. The second kappa shape index (κ2) is 5.08. The lowest BCUT2D eigenvalue weighted by Crippen LogP contribution is -2.18. The molecule has 1 heterocycles. The molecular weight excluding hydrogens is 252 g/mol. The third kappa shape index (κ3) is 2.80. The lowest BCUT2D eigenvalue weighted by Gasteiger charge is -2.04. The average Bonchev–Trinajstić information content (AvgIpc) is 2.39. The number of nitrogens with zero attached hydrogens (tertiary/aromatic N) is 2. The molecule has 0 atom stereocenters. The van der Waals surface area contributed by atoms with Crippen LogP contribution in [0.4, 0.5) is 11.4 Å². The molecule has 0 spiro atoms. The highest BCUT2D eigenvalue weighted by Crippen LogP contribution is 2.23. The Kier molecular flexibility index (Phi) is 3.33. The number of carbonyl (C=O) groups excluding carboxylic acids is 1. The van der Waals surface area contributed by atoms with Crippen LogP contribution >= 0.6 is 0 Å². The molecule has 2 N–H and O–H groups in total. The maximum atomic E-state index is 11.8. The van der Waals surface area contributed by atoms with Crippen molar-refractivity contribution in [3.8, 4) is 0 Å². The van der Waals surface area contributed by atoms with Gasteiger partial charge in [0.05, 0.1) is 4.92 Å². The predicted molar refractivity (Wildman–Crippen MR) is 65.9 cm³/mol. The van der Waals surface area contributed by atoms with Gasteiger partial charge in [0.2, 0.25) is 0 Å². The summed E-state index contributed by atoms with van der Waals surface area (Å²) >= 11 is 0. The topological polar surface area (TPSA) is 118 Å². The quantitative estimate of drug-likeness (QED) is 0.628. The molecule has 0 saturated carbocycles. The van der Waals surface area contributed by atoms with Crippen LogP contribution in [0.25, 0.3) is 0 Å². The van der Waals surface area contributed by atoms with E-state index < -0.39 is 16.4 Å². The first kappa shape index (κ1) is 12.4. The second-order valence-electron chi connectivity index (χ2n) is 3.53. The van der Waals surface area contributed by atoms with Crippen molar-refractivity contribution in [1.82, 2.24) is 10.2 Å². The lowest BCUT2D eigenvalue weighted by atomic mass is 10.2. The first-order chi connectivity index (χ1) is 9.08. The molecule has 1 amide bonds. The fourth-order valence-corrected chi connectivity index (χ4v) is 1.40. The summed E-state index contributed by atoms with van der Waals surface area (Å²) in [4.78, 5) is 32.8. The largest absolute Gasteiger partial charge is 0.315 e. The monoisotopic (exact) mass is 260 g/mol. The Morgan fingerprint density at radius 1 is 1.26 bits per heavy atom. The van der Waals surface area contributed by atoms with Gasteiger partial charge < -0.3 is 5.32 Å². The van der Waals surface area contributed by atoms with Gasteiger partial charge in [0, 0.05) is 12.1 Å². The van der Waals surface area contributed by atoms with Gasteiger partial charge in [-0.15, -0.1) is 0 Å². The molecule has 8 heteroatoms. The SMILES string of the molecule is O=C(Nc1ccccc1[N+](=O)[O-])c1ccc(=O)[nH]n1. The van der Waals surface area contributed by atoms with Crippen LogP contribution in [0.2, 0.25) is 0 Å². The number of nitro groups is 1. The molecule has 19 heavy (non-hydrogen) atoms. The van der Waals surface area contributed by atoms with Crippen LogP contribution in [0.5, 0.6) is 0 Å². The van der Waals surface area contributed by atoms with Crippen LogP contribution in [0.15, 0.2) is 41.2 Å². The number of nitrogens with one attached hydrogen (secondary N) is 2. The van der Waals surface area contributed by atoms with Gasteiger partial charge in [-0.1, -0.05) is 12.1 Å². The van der Waals surface area contributed by atoms with Gasteiger partial charge in [-0.25, -0.2) is 5.10 Å². The molecule has 0 unspecified atom stereocenters. The zero-order valence-corrected chi connectivity index (χ0v) is 9.49. The van der Waals surface area contributed by atoms with Crippen LogP contribution < -0.4 is 10.9 Å². The van der Waals surface area contributed by atoms with Gasteiger partial charge >= 0.3 is 0 Å². The molecule has 96 valence electrons. The van der Waals surface area contributed by atoms with Gasteiger partial charge in [-0.3, -0.25) is 19.7 Å². The summed E-state index contributed by atoms with van der Waals surface area (Å²) in [5.41, 5.74) is -0.647. The molecular formula is C11H8N4O4. The Morgan fingerprint density at radius 2 is 2.00 bits per heavy atom. The van der Waals surface area contributed by atoms with Crippen LogP contribution in [-0.4, -0.2) is 21.0 Å². The minimum absolute atomic E-state index is 0.0437. The van der Waals surface area contributed by atoms with Crippen molar-refractivity contribution in [2.24, 2.45) is 0 Å². The van der Waals surface area contributed by atoms with E-state index in [1.54, 1.807) is 6.07 Å². The third-order valence-corrected chi connectivity index (χ3v) is 2.26. The molecule has 2 aromatic rings. The summed E-state index contributed by atoms with van der Waals surface area (Å²) in [6.45, 7) is 0. The Morgan fingerprint density at radius 3 is 2.63 bits per heavy atom. The summed E-state index contributed by atoms with van der Waals surface area (Å²) in [6, 6.07) is 8.09. The smallest absolute Gasteiger partial charge is 0.292 e. The summed E-state index contributed by atoms with van der Waals surface area (Å²) < 4.78 is 0. The standard InChI is InChI=1S/C11H8N4O4/c16-10-6-5-8(13-14-10)11(17)12-7-3-1-2-4-9(7)15(18)19/h1-6H,(H,12,17)(H,14,16). The maximum absolute atomic E-state index is 11.8. The van der Waals surface area contributed by atoms with Crippen molar-refractivity contribution in [3.05, 3.63) is 62.6 Å². The highest BCUT2D eigenvalue weighted by atomic mass is 16.6. The van der Waals surface area contributed by atoms with E-state index in [0.29, 0.717) is 0 Å². The van der Waals surface area contributed by atoms with E-state index in [9.17, 15) is 19.7 Å². The fraction of sp³-hybridized carbons (Fsp3) is 0. The number of hydrogen-bond donors (Lipinski definition) is 2. The van der Waals surface area contributed by atoms with E-state index in [-0.39, 0.29) is 17.1 Å². The fourth-order valence-electron chi connectivity index (χ4n) is 1.40. The number of H-pyrrole nitrogens is 1. The van der Waals surface area contributed by atoms with Crippen molar-refractivity contribution in [2.45, 2.75) is 0 Å². The van der Waals surface area contributed by atoms with E-state index in [4.69, 9.17) is 0 Å². The molecule has 0 aliphatic carbocycles. The molecule has 1 aromatic heterocycles. The summed E-state index contributed by atoms with van der Waals surface area (Å²) in [7, 11) is 0. The van der Waals surface area contributed by atoms with E-state index in [2.05, 4.69) is 15.5 Å². The zero-order chi connectivity index (χ0) is 13.8. The van der Waals surface area contributed by atoms with Gasteiger partial charge in [0.1, 0.15) is 11.4 Å². The normalized spacial score (nSPS) is 9.89. The van der Waals surface area contributed by atoms with E-state index in [1.807, 2.05) is 0 Å². The van der Waals surface area contributed by atoms with Crippen molar-refractivity contribution in [2.75, 3.05) is 5.32 Å². The Labute approximate surface area is 106 Å². The molecule has 1 aromatic carbocycles. The molecule has 0 aliphatic rings. The second-order valence-corrected chi connectivity index (χ2v) is 3.53. The number of carbonyl (C=O) groups is 1. The molecule has 0 bridgehead atoms. The maximum Gasteiger partial charge on any atom is 0.292 e. The average molecular weight is 260 g/mol. The Bertz CT molecular complexity index is 675. The molecule has 0 saturated heterocycles. The number of para-hydroxylation sites is 2. The highest BCUT2D eigenvalue weighted by Gasteiger charge is 2.16. The number of anilines is 1. The molecule has 0 aliphatic heterocycles. The Hall–Kier alpha value is -3.03. The number of amides is 1. The lowest BCUT2D eigenvalue weighted by molar-refractivity contribution is -0.383. The first-order valence-electron chi connectivity index (χ1n) is 5.18. The predicted octanol–water partition coefficient (Wildman–Crippen LogP) is 0.930. The molecule has 8 nitrogen and oxygen atoms in total. The van der Waals surface area contributed by atoms with Gasteiger partial charge in [0.15, 0.2) is 0 Å². The van der Waals surface area contributed by atoms with Crippen LogP contribution in [0, 0.1) is 10.1 Å². The van der Waals surface area contributed by atoms with Crippen molar-refractivity contribution in [1.29, 1.82) is 0 Å². The first-order valence-corrected chi connectivity index (χ1v) is 5.18. The van der Waals surface area contributed by atoms with Gasteiger partial charge in [-0.2, -0.15) is 5.10 Å². The Balaban J connectivity index is 2.26. The summed E-state index contributed by atoms with van der Waals surface area (Å²) in [5.74, 6) is -0.648. The van der Waals surface area contributed by atoms with E-state index in [0.717, 1.165) is 6.07 Å². The molecule has 0 radical (unpaired) electrons. The number of aromatic amines is 1. The number of nitro benzene ring substituents is 1. The van der Waals surface area contributed by atoms with Crippen molar-refractivity contribution in [3.63, 3.8) is 0 Å². The third-order valence-electron chi connectivity index (χ3n) is 2.26. The van der Waals surface area contributed by atoms with Crippen LogP contribution in [-0.2, 0) is 0 Å². The zero-order valence-electron chi connectivity index (χ0n) is 9.49. The molecule has 2 rings (SSSR count). The summed E-state index contributed by atoms with van der Waals surface area (Å²) in [5, 5.41) is 18.8. The minimum atomic E-state index is -0.648. The van der Waals surface area contributed by atoms with E-state index >= 15 is 0 Å². The number of hydrogen-bond acceptors (Lipinski definition) is 5. The number of benzene rings is 1. The van der Waals surface area contributed by atoms with Crippen LogP contribution in [0.3, 0.4) is 0 Å². The van der Waals surface area contributed by atoms with Crippen molar-refractivity contribution >= 4 is 17.3 Å². The summed E-state index contributed by atoms with van der Waals surface area (Å²) in [6.07, 6.45) is 0. The van der Waals surface area contributed by atoms with Gasteiger partial charge in [-0.05, 0) is 12.1 Å². The molecule has 0 fully saturated rings. The van der Waals surface area contributed by atoms with Crippen molar-refractivity contribution < 1.29 is 9.72 Å². The number of rotatable bonds is 3. The number of aromatic nitrogens is 2. The minimum Gasteiger partial charge on any atom is -0.315 e.